The lowest BCUT2D eigenvalue weighted by atomic mass is 9.93. The van der Waals surface area contributed by atoms with Crippen LogP contribution < -0.4 is 31.7 Å². The summed E-state index contributed by atoms with van der Waals surface area (Å²) in [5.41, 5.74) is 8.21. The Hall–Kier alpha value is -3.70. The lowest BCUT2D eigenvalue weighted by Crippen LogP contribution is -2.59. The first-order chi connectivity index (χ1) is 20.8. The van der Waals surface area contributed by atoms with E-state index < -0.39 is 18.1 Å². The van der Waals surface area contributed by atoms with Gasteiger partial charge in [-0.05, 0) is 74.0 Å². The molecular weight excluding hydrogens is 564 g/mol. The van der Waals surface area contributed by atoms with Gasteiger partial charge in [0.15, 0.2) is 5.11 Å². The van der Waals surface area contributed by atoms with Gasteiger partial charge in [-0.15, -0.1) is 0 Å². The average molecular weight is 609 g/mol. The third-order valence-corrected chi connectivity index (χ3v) is 8.72. The van der Waals surface area contributed by atoms with Crippen LogP contribution in [0.1, 0.15) is 50.2 Å². The summed E-state index contributed by atoms with van der Waals surface area (Å²) < 4.78 is 5.21. The maximum Gasteiger partial charge on any atom is 0.246 e. The standard InChI is InChI=1S/C32H44N6O4S/c1-3-26(33)29(39)37-28-23(20-36-32(43)35-19-22-7-5-4-6-8-22)11-12-24-13-16-27(38(24)31(28)41)30(40)34-18-17-21-9-14-25(42-2)15-10-21/h4-10,14-15,23-24,26-28H,3,11-13,16-20,33H2,1-2H3,(H,34,40)(H,37,39)(H2,35,36,43)/t23-,24?,26+,27+,28?/m1/s1. The highest BCUT2D eigenvalue weighted by Crippen LogP contribution is 2.34. The molecule has 3 amide bonds. The van der Waals surface area contributed by atoms with E-state index in [1.807, 2.05) is 61.5 Å². The molecule has 43 heavy (non-hydrogen) atoms. The number of nitrogens with two attached hydrogens (primary N) is 1. The maximum absolute atomic E-state index is 14.1. The van der Waals surface area contributed by atoms with Gasteiger partial charge in [0.05, 0.1) is 13.2 Å². The van der Waals surface area contributed by atoms with Gasteiger partial charge in [-0.1, -0.05) is 49.4 Å². The Bertz CT molecular complexity index is 1240. The van der Waals surface area contributed by atoms with E-state index in [-0.39, 0.29) is 29.7 Å². The highest BCUT2D eigenvalue weighted by atomic mass is 32.1. The van der Waals surface area contributed by atoms with Crippen LogP contribution in [0.3, 0.4) is 0 Å². The molecule has 4 rings (SSSR count). The Balaban J connectivity index is 1.40. The van der Waals surface area contributed by atoms with Crippen molar-refractivity contribution in [2.45, 2.75) is 76.2 Å². The summed E-state index contributed by atoms with van der Waals surface area (Å²) in [7, 11) is 1.63. The monoisotopic (exact) mass is 608 g/mol. The number of carbonyl (C=O) groups excluding carboxylic acids is 3. The van der Waals surface area contributed by atoms with E-state index in [0.29, 0.717) is 50.4 Å². The molecule has 10 nitrogen and oxygen atoms in total. The van der Waals surface area contributed by atoms with Gasteiger partial charge < -0.3 is 36.6 Å². The Morgan fingerprint density at radius 2 is 1.72 bits per heavy atom. The van der Waals surface area contributed by atoms with Crippen molar-refractivity contribution in [3.8, 4) is 5.75 Å². The lowest BCUT2D eigenvalue weighted by molar-refractivity contribution is -0.143. The number of rotatable bonds is 12. The van der Waals surface area contributed by atoms with Crippen molar-refractivity contribution in [3.63, 3.8) is 0 Å². The molecule has 2 aromatic carbocycles. The molecule has 0 spiro atoms. The minimum atomic E-state index is -0.813. The summed E-state index contributed by atoms with van der Waals surface area (Å²) >= 11 is 5.51. The average Bonchev–Trinajstić information content (AvgIpc) is 3.42. The number of benzene rings is 2. The number of fused-ring (bicyclic) bond motifs is 1. The van der Waals surface area contributed by atoms with E-state index in [4.69, 9.17) is 22.7 Å². The molecule has 2 fully saturated rings. The molecule has 0 saturated carbocycles. The third-order valence-electron chi connectivity index (χ3n) is 8.43. The van der Waals surface area contributed by atoms with Crippen molar-refractivity contribution in [3.05, 3.63) is 65.7 Å². The van der Waals surface area contributed by atoms with E-state index in [2.05, 4.69) is 21.3 Å². The number of nitrogens with one attached hydrogen (secondary N) is 4. The molecule has 0 radical (unpaired) electrons. The predicted octanol–water partition coefficient (Wildman–Crippen LogP) is 2.01. The Morgan fingerprint density at radius 1 is 1.00 bits per heavy atom. The molecule has 2 unspecified atom stereocenters. The van der Waals surface area contributed by atoms with E-state index in [9.17, 15) is 14.4 Å². The number of methoxy groups -OCH3 is 1. The largest absolute Gasteiger partial charge is 0.497 e. The van der Waals surface area contributed by atoms with Crippen LogP contribution in [0.2, 0.25) is 0 Å². The van der Waals surface area contributed by atoms with Crippen LogP contribution >= 0.6 is 12.2 Å². The van der Waals surface area contributed by atoms with Gasteiger partial charge in [-0.2, -0.15) is 0 Å². The van der Waals surface area contributed by atoms with Crippen LogP contribution in [0.25, 0.3) is 0 Å². The summed E-state index contributed by atoms with van der Waals surface area (Å²) in [5, 5.41) is 12.9. The SMILES string of the molecule is CC[C@H](N)C(=O)NC1C(=O)N2C(CC[C@@H]1CNC(=S)NCc1ccccc1)CC[C@H]2C(=O)NCCc1ccc(OC)cc1. The van der Waals surface area contributed by atoms with Crippen molar-refractivity contribution in [1.82, 2.24) is 26.2 Å². The van der Waals surface area contributed by atoms with Crippen LogP contribution in [-0.2, 0) is 27.3 Å². The summed E-state index contributed by atoms with van der Waals surface area (Å²) in [5.74, 6) is -0.204. The summed E-state index contributed by atoms with van der Waals surface area (Å²) in [6, 6.07) is 15.5. The van der Waals surface area contributed by atoms with Gasteiger partial charge in [0.25, 0.3) is 0 Å². The first kappa shape index (κ1) is 32.2. The van der Waals surface area contributed by atoms with Gasteiger partial charge in [0.1, 0.15) is 17.8 Å². The van der Waals surface area contributed by atoms with E-state index >= 15 is 0 Å². The van der Waals surface area contributed by atoms with Crippen molar-refractivity contribution in [1.29, 1.82) is 0 Å². The summed E-state index contributed by atoms with van der Waals surface area (Å²) in [6.07, 6.45) is 3.89. The van der Waals surface area contributed by atoms with E-state index in [1.54, 1.807) is 12.0 Å². The van der Waals surface area contributed by atoms with E-state index in [0.717, 1.165) is 29.7 Å². The molecule has 2 aromatic rings. The second kappa shape index (κ2) is 15.7. The van der Waals surface area contributed by atoms with Crippen LogP contribution in [0.15, 0.2) is 54.6 Å². The molecule has 5 atom stereocenters. The molecular formula is C32H44N6O4S. The van der Waals surface area contributed by atoms with Crippen LogP contribution in [0.4, 0.5) is 0 Å². The van der Waals surface area contributed by atoms with Crippen LogP contribution in [0.5, 0.6) is 5.75 Å². The normalized spacial score (nSPS) is 22.1. The third kappa shape index (κ3) is 8.67. The van der Waals surface area contributed by atoms with Crippen molar-refractivity contribution < 1.29 is 19.1 Å². The van der Waals surface area contributed by atoms with Gasteiger partial charge in [-0.25, -0.2) is 0 Å². The number of hydrogen-bond donors (Lipinski definition) is 5. The number of ether oxygens (including phenoxy) is 1. The Labute approximate surface area is 259 Å². The maximum atomic E-state index is 14.1. The van der Waals surface area contributed by atoms with Gasteiger partial charge in [0.2, 0.25) is 17.7 Å². The van der Waals surface area contributed by atoms with Gasteiger partial charge in [-0.3, -0.25) is 14.4 Å². The topological polar surface area (TPSA) is 138 Å². The number of amides is 3. The summed E-state index contributed by atoms with van der Waals surface area (Å²) in [6.45, 7) is 3.27. The second-order valence-electron chi connectivity index (χ2n) is 11.3. The quantitative estimate of drug-likeness (QED) is 0.231. The molecule has 6 N–H and O–H groups in total. The molecule has 0 bridgehead atoms. The zero-order chi connectivity index (χ0) is 30.8. The molecule has 2 aliphatic heterocycles. The zero-order valence-electron chi connectivity index (χ0n) is 25.0. The number of carbonyl (C=O) groups is 3. The molecule has 2 heterocycles. The van der Waals surface area contributed by atoms with Gasteiger partial charge >= 0.3 is 0 Å². The van der Waals surface area contributed by atoms with Crippen molar-refractivity contribution in [2.75, 3.05) is 20.2 Å². The van der Waals surface area contributed by atoms with E-state index in [1.165, 1.54) is 0 Å². The fourth-order valence-corrected chi connectivity index (χ4v) is 6.00. The number of thiocarbonyl (C=S) groups is 1. The first-order valence-electron chi connectivity index (χ1n) is 15.1. The minimum Gasteiger partial charge on any atom is -0.497 e. The number of nitrogens with zero attached hydrogens (tertiary/aromatic N) is 1. The Kier molecular flexibility index (Phi) is 11.7. The fourth-order valence-electron chi connectivity index (χ4n) is 5.84. The first-order valence-corrected chi connectivity index (χ1v) is 15.6. The summed E-state index contributed by atoms with van der Waals surface area (Å²) in [4.78, 5) is 42.1. The fraction of sp³-hybridized carbons (Fsp3) is 0.500. The second-order valence-corrected chi connectivity index (χ2v) is 11.7. The molecule has 232 valence electrons. The molecule has 11 heteroatoms. The predicted molar refractivity (Wildman–Crippen MR) is 170 cm³/mol. The molecule has 2 aliphatic rings. The number of hydrogen-bond acceptors (Lipinski definition) is 6. The smallest absolute Gasteiger partial charge is 0.246 e. The zero-order valence-corrected chi connectivity index (χ0v) is 25.8. The van der Waals surface area contributed by atoms with Crippen LogP contribution in [0, 0.1) is 5.92 Å². The van der Waals surface area contributed by atoms with Crippen molar-refractivity contribution >= 4 is 35.1 Å². The highest BCUT2D eigenvalue weighted by molar-refractivity contribution is 7.80. The van der Waals surface area contributed by atoms with Crippen molar-refractivity contribution in [2.24, 2.45) is 11.7 Å². The lowest BCUT2D eigenvalue weighted by Gasteiger charge is -2.32. The molecule has 2 saturated heterocycles. The minimum absolute atomic E-state index is 0.0581. The van der Waals surface area contributed by atoms with Crippen LogP contribution in [-0.4, -0.2) is 72.1 Å². The molecule has 0 aliphatic carbocycles. The highest BCUT2D eigenvalue weighted by Gasteiger charge is 2.47. The Morgan fingerprint density at radius 3 is 2.42 bits per heavy atom. The van der Waals surface area contributed by atoms with Gasteiger partial charge in [0, 0.05) is 31.6 Å². The molecule has 0 aromatic heterocycles.